The van der Waals surface area contributed by atoms with E-state index in [1.807, 2.05) is 19.1 Å². The Morgan fingerprint density at radius 2 is 1.75 bits per heavy atom. The molecule has 2 aromatic rings. The summed E-state index contributed by atoms with van der Waals surface area (Å²) in [6.07, 6.45) is 2.57. The number of aromatic nitrogens is 1. The fraction of sp³-hybridized carbons (Fsp3) is 0.154. The summed E-state index contributed by atoms with van der Waals surface area (Å²) in [5.41, 5.74) is 1.02. The predicted octanol–water partition coefficient (Wildman–Crippen LogP) is 3.58. The zero-order chi connectivity index (χ0) is 11.4. The fourth-order valence-electron chi connectivity index (χ4n) is 1.32. The zero-order valence-corrected chi connectivity index (χ0v) is 8.98. The number of hydrogen-bond acceptors (Lipinski definition) is 2. The van der Waals surface area contributed by atoms with Crippen LogP contribution < -0.4 is 4.74 Å². The average Bonchev–Trinajstić information content (AvgIpc) is 2.33. The van der Waals surface area contributed by atoms with Gasteiger partial charge in [-0.25, -0.2) is 4.39 Å². The molecule has 0 aliphatic heterocycles. The van der Waals surface area contributed by atoms with Gasteiger partial charge in [0.1, 0.15) is 17.3 Å². The number of hydrogen-bond donors (Lipinski definition) is 0. The first-order valence-electron chi connectivity index (χ1n) is 5.16. The molecule has 3 heteroatoms. The number of halogens is 1. The number of nitrogens with zero attached hydrogens (tertiary/aromatic N) is 1. The highest BCUT2D eigenvalue weighted by molar-refractivity contribution is 5.29. The molecule has 2 rings (SSSR count). The van der Waals surface area contributed by atoms with E-state index in [-0.39, 0.29) is 5.82 Å². The summed E-state index contributed by atoms with van der Waals surface area (Å²) in [5, 5.41) is 0. The minimum absolute atomic E-state index is 0.271. The first-order chi connectivity index (χ1) is 7.78. The Labute approximate surface area is 93.7 Å². The van der Waals surface area contributed by atoms with Gasteiger partial charge in [0.15, 0.2) is 0 Å². The third-order valence-corrected chi connectivity index (χ3v) is 2.21. The van der Waals surface area contributed by atoms with Gasteiger partial charge in [-0.05, 0) is 42.8 Å². The van der Waals surface area contributed by atoms with Crippen molar-refractivity contribution < 1.29 is 9.13 Å². The molecule has 0 bridgehead atoms. The second-order valence-electron chi connectivity index (χ2n) is 3.39. The molecule has 82 valence electrons. The summed E-state index contributed by atoms with van der Waals surface area (Å²) in [6.45, 7) is 2.04. The summed E-state index contributed by atoms with van der Waals surface area (Å²) in [5.74, 6) is 0.989. The molecule has 0 amide bonds. The minimum Gasteiger partial charge on any atom is -0.456 e. The summed E-state index contributed by atoms with van der Waals surface area (Å²) in [4.78, 5) is 4.21. The summed E-state index contributed by atoms with van der Waals surface area (Å²) in [6, 6.07) is 9.67. The minimum atomic E-state index is -0.271. The van der Waals surface area contributed by atoms with E-state index in [1.54, 1.807) is 18.3 Å². The highest BCUT2D eigenvalue weighted by Gasteiger charge is 1.98. The van der Waals surface area contributed by atoms with Crippen molar-refractivity contribution in [1.82, 2.24) is 4.98 Å². The van der Waals surface area contributed by atoms with Crippen LogP contribution in [0.25, 0.3) is 0 Å². The SMILES string of the molecule is CCc1ccc(Oc2ccc(F)cc2)cn1. The maximum Gasteiger partial charge on any atom is 0.145 e. The van der Waals surface area contributed by atoms with E-state index in [9.17, 15) is 4.39 Å². The second kappa shape index (κ2) is 4.75. The maximum absolute atomic E-state index is 12.7. The van der Waals surface area contributed by atoms with Gasteiger partial charge in [-0.1, -0.05) is 6.92 Å². The highest BCUT2D eigenvalue weighted by Crippen LogP contribution is 2.20. The van der Waals surface area contributed by atoms with Gasteiger partial charge in [0.05, 0.1) is 6.20 Å². The van der Waals surface area contributed by atoms with Crippen LogP contribution in [0.15, 0.2) is 42.6 Å². The van der Waals surface area contributed by atoms with Crippen molar-refractivity contribution in [2.45, 2.75) is 13.3 Å². The van der Waals surface area contributed by atoms with Gasteiger partial charge < -0.3 is 4.74 Å². The normalized spacial score (nSPS) is 10.1. The van der Waals surface area contributed by atoms with Crippen molar-refractivity contribution in [3.63, 3.8) is 0 Å². The van der Waals surface area contributed by atoms with Crippen LogP contribution in [0, 0.1) is 5.82 Å². The Hall–Kier alpha value is -1.90. The first-order valence-corrected chi connectivity index (χ1v) is 5.16. The van der Waals surface area contributed by atoms with E-state index >= 15 is 0 Å². The van der Waals surface area contributed by atoms with Crippen LogP contribution in [0.5, 0.6) is 11.5 Å². The van der Waals surface area contributed by atoms with Gasteiger partial charge >= 0.3 is 0 Å². The molecule has 2 nitrogen and oxygen atoms in total. The molecule has 0 aliphatic rings. The van der Waals surface area contributed by atoms with E-state index < -0.39 is 0 Å². The molecular weight excluding hydrogens is 205 g/mol. The number of pyridine rings is 1. The second-order valence-corrected chi connectivity index (χ2v) is 3.39. The molecular formula is C13H12FNO. The molecule has 0 saturated heterocycles. The van der Waals surface area contributed by atoms with Crippen LogP contribution in [-0.4, -0.2) is 4.98 Å². The first kappa shape index (κ1) is 10.6. The molecule has 0 atom stereocenters. The van der Waals surface area contributed by atoms with E-state index in [4.69, 9.17) is 4.74 Å². The summed E-state index contributed by atoms with van der Waals surface area (Å²) in [7, 11) is 0. The Morgan fingerprint density at radius 1 is 1.06 bits per heavy atom. The van der Waals surface area contributed by atoms with Gasteiger partial charge in [0, 0.05) is 5.69 Å². The molecule has 0 saturated carbocycles. The van der Waals surface area contributed by atoms with Crippen LogP contribution in [0.3, 0.4) is 0 Å². The van der Waals surface area contributed by atoms with Crippen LogP contribution in [-0.2, 0) is 6.42 Å². The lowest BCUT2D eigenvalue weighted by Crippen LogP contribution is -1.89. The number of aryl methyl sites for hydroxylation is 1. The zero-order valence-electron chi connectivity index (χ0n) is 8.98. The largest absolute Gasteiger partial charge is 0.456 e. The van der Waals surface area contributed by atoms with Crippen molar-refractivity contribution in [2.24, 2.45) is 0 Å². The molecule has 0 unspecified atom stereocenters. The Kier molecular flexibility index (Phi) is 3.15. The van der Waals surface area contributed by atoms with Crippen LogP contribution >= 0.6 is 0 Å². The molecule has 1 aromatic carbocycles. The average molecular weight is 217 g/mol. The van der Waals surface area contributed by atoms with Gasteiger partial charge in [-0.3, -0.25) is 4.98 Å². The van der Waals surface area contributed by atoms with E-state index in [0.717, 1.165) is 12.1 Å². The molecule has 0 radical (unpaired) electrons. The Bertz CT molecular complexity index is 450. The molecule has 1 heterocycles. The van der Waals surface area contributed by atoms with Gasteiger partial charge in [0.25, 0.3) is 0 Å². The summed E-state index contributed by atoms with van der Waals surface area (Å²) >= 11 is 0. The van der Waals surface area contributed by atoms with Crippen molar-refractivity contribution in [2.75, 3.05) is 0 Å². The van der Waals surface area contributed by atoms with Crippen molar-refractivity contribution in [3.8, 4) is 11.5 Å². The third-order valence-electron chi connectivity index (χ3n) is 2.21. The molecule has 0 spiro atoms. The van der Waals surface area contributed by atoms with E-state index in [0.29, 0.717) is 11.5 Å². The highest BCUT2D eigenvalue weighted by atomic mass is 19.1. The van der Waals surface area contributed by atoms with Gasteiger partial charge in [0.2, 0.25) is 0 Å². The lowest BCUT2D eigenvalue weighted by Gasteiger charge is -2.05. The Morgan fingerprint density at radius 3 is 2.31 bits per heavy atom. The maximum atomic E-state index is 12.7. The van der Waals surface area contributed by atoms with Gasteiger partial charge in [-0.2, -0.15) is 0 Å². The molecule has 0 fully saturated rings. The Balaban J connectivity index is 2.11. The standard InChI is InChI=1S/C13H12FNO/c1-2-11-5-8-13(9-15-11)16-12-6-3-10(14)4-7-12/h3-9H,2H2,1H3. The molecule has 0 aliphatic carbocycles. The smallest absolute Gasteiger partial charge is 0.145 e. The molecule has 0 N–H and O–H groups in total. The predicted molar refractivity (Wildman–Crippen MR) is 60.1 cm³/mol. The van der Waals surface area contributed by atoms with E-state index in [2.05, 4.69) is 4.98 Å². The number of benzene rings is 1. The monoisotopic (exact) mass is 217 g/mol. The van der Waals surface area contributed by atoms with Crippen LogP contribution in [0.4, 0.5) is 4.39 Å². The molecule has 16 heavy (non-hydrogen) atoms. The molecule has 1 aromatic heterocycles. The van der Waals surface area contributed by atoms with Crippen LogP contribution in [0.2, 0.25) is 0 Å². The fourth-order valence-corrected chi connectivity index (χ4v) is 1.32. The van der Waals surface area contributed by atoms with E-state index in [1.165, 1.54) is 12.1 Å². The number of ether oxygens (including phenoxy) is 1. The van der Waals surface area contributed by atoms with Crippen LogP contribution in [0.1, 0.15) is 12.6 Å². The topological polar surface area (TPSA) is 22.1 Å². The van der Waals surface area contributed by atoms with Crippen molar-refractivity contribution in [3.05, 3.63) is 54.1 Å². The van der Waals surface area contributed by atoms with Crippen molar-refractivity contribution in [1.29, 1.82) is 0 Å². The summed E-state index contributed by atoms with van der Waals surface area (Å²) < 4.78 is 18.2. The van der Waals surface area contributed by atoms with Gasteiger partial charge in [-0.15, -0.1) is 0 Å². The quantitative estimate of drug-likeness (QED) is 0.784. The number of rotatable bonds is 3. The van der Waals surface area contributed by atoms with Crippen molar-refractivity contribution >= 4 is 0 Å². The third kappa shape index (κ3) is 2.57. The lowest BCUT2D eigenvalue weighted by molar-refractivity contribution is 0.478. The lowest BCUT2D eigenvalue weighted by atomic mass is 10.3.